The molecule has 2 rings (SSSR count). The van der Waals surface area contributed by atoms with E-state index >= 15 is 0 Å². The van der Waals surface area contributed by atoms with Crippen LogP contribution in [0.4, 0.5) is 5.69 Å². The number of carboxylic acid groups (broad SMARTS) is 1. The van der Waals surface area contributed by atoms with Gasteiger partial charge in [-0.05, 0) is 30.7 Å². The summed E-state index contributed by atoms with van der Waals surface area (Å²) in [7, 11) is 0. The Labute approximate surface area is 125 Å². The number of aryl methyl sites for hydroxylation is 1. The minimum Gasteiger partial charge on any atom is -0.481 e. The van der Waals surface area contributed by atoms with Gasteiger partial charge < -0.3 is 10.4 Å². The van der Waals surface area contributed by atoms with E-state index in [4.69, 9.17) is 16.7 Å². The van der Waals surface area contributed by atoms with Gasteiger partial charge in [0.05, 0.1) is 18.3 Å². The van der Waals surface area contributed by atoms with Gasteiger partial charge in [-0.25, -0.2) is 4.68 Å². The lowest BCUT2D eigenvalue weighted by atomic mass is 10.2. The molecule has 0 unspecified atom stereocenters. The average molecular weight is 309 g/mol. The number of nitrogens with zero attached hydrogens (tertiary/aromatic N) is 3. The third-order valence-corrected chi connectivity index (χ3v) is 3.02. The van der Waals surface area contributed by atoms with Crippen LogP contribution in [0, 0.1) is 6.92 Å². The molecule has 2 aromatic rings. The molecule has 21 heavy (non-hydrogen) atoms. The number of rotatable bonds is 5. The highest BCUT2D eigenvalue weighted by molar-refractivity contribution is 6.30. The Bertz CT molecular complexity index is 684. The molecule has 8 heteroatoms. The van der Waals surface area contributed by atoms with Gasteiger partial charge in [0.15, 0.2) is 0 Å². The van der Waals surface area contributed by atoms with E-state index in [1.807, 2.05) is 6.92 Å². The SMILES string of the molecule is Cc1cc(Cl)ccc1NC(=O)Cn1nncc1CC(=O)O. The van der Waals surface area contributed by atoms with Crippen molar-refractivity contribution in [2.24, 2.45) is 0 Å². The Morgan fingerprint density at radius 1 is 1.43 bits per heavy atom. The Morgan fingerprint density at radius 2 is 2.19 bits per heavy atom. The Balaban J connectivity index is 2.05. The number of aromatic nitrogens is 3. The molecule has 7 nitrogen and oxygen atoms in total. The predicted molar refractivity (Wildman–Crippen MR) is 76.2 cm³/mol. The highest BCUT2D eigenvalue weighted by Crippen LogP contribution is 2.19. The van der Waals surface area contributed by atoms with Gasteiger partial charge >= 0.3 is 5.97 Å². The number of amides is 1. The number of benzene rings is 1. The molecule has 0 spiro atoms. The van der Waals surface area contributed by atoms with E-state index in [0.29, 0.717) is 16.4 Å². The van der Waals surface area contributed by atoms with Gasteiger partial charge in [-0.2, -0.15) is 0 Å². The fourth-order valence-electron chi connectivity index (χ4n) is 1.80. The van der Waals surface area contributed by atoms with Crippen LogP contribution in [0.1, 0.15) is 11.3 Å². The first-order valence-electron chi connectivity index (χ1n) is 6.11. The zero-order valence-electron chi connectivity index (χ0n) is 11.2. The van der Waals surface area contributed by atoms with Crippen LogP contribution in [0.2, 0.25) is 5.02 Å². The number of carbonyl (C=O) groups excluding carboxylic acids is 1. The maximum atomic E-state index is 12.0. The summed E-state index contributed by atoms with van der Waals surface area (Å²) in [6, 6.07) is 5.12. The predicted octanol–water partition coefficient (Wildman–Crippen LogP) is 1.51. The lowest BCUT2D eigenvalue weighted by molar-refractivity contribution is -0.136. The zero-order chi connectivity index (χ0) is 15.4. The molecule has 0 bridgehead atoms. The average Bonchev–Trinajstić information content (AvgIpc) is 2.79. The molecule has 0 aliphatic carbocycles. The van der Waals surface area contributed by atoms with E-state index in [2.05, 4.69) is 15.6 Å². The van der Waals surface area contributed by atoms with Gasteiger partial charge in [0.2, 0.25) is 5.91 Å². The standard InChI is InChI=1S/C13H13ClN4O3/c1-8-4-9(14)2-3-11(8)16-12(19)7-18-10(5-13(20)21)6-15-17-18/h2-4,6H,5,7H2,1H3,(H,16,19)(H,20,21). The van der Waals surface area contributed by atoms with Crippen molar-refractivity contribution in [2.45, 2.75) is 19.9 Å². The second-order valence-electron chi connectivity index (χ2n) is 4.46. The van der Waals surface area contributed by atoms with Crippen molar-refractivity contribution in [2.75, 3.05) is 5.32 Å². The third kappa shape index (κ3) is 4.03. The van der Waals surface area contributed by atoms with Gasteiger partial charge in [-0.3, -0.25) is 9.59 Å². The normalized spacial score (nSPS) is 10.4. The van der Waals surface area contributed by atoms with Crippen LogP contribution in [0.5, 0.6) is 0 Å². The number of aliphatic carboxylic acids is 1. The van der Waals surface area contributed by atoms with Crippen LogP contribution in [-0.2, 0) is 22.6 Å². The quantitative estimate of drug-likeness (QED) is 0.872. The summed E-state index contributed by atoms with van der Waals surface area (Å²) >= 11 is 5.85. The van der Waals surface area contributed by atoms with E-state index in [0.717, 1.165) is 5.56 Å². The van der Waals surface area contributed by atoms with Crippen molar-refractivity contribution < 1.29 is 14.7 Å². The van der Waals surface area contributed by atoms with Crippen LogP contribution in [0.3, 0.4) is 0 Å². The molecule has 0 aliphatic rings. The second kappa shape index (κ2) is 6.36. The minimum atomic E-state index is -1.01. The van der Waals surface area contributed by atoms with Crippen molar-refractivity contribution in [3.05, 3.63) is 40.7 Å². The number of nitrogens with one attached hydrogen (secondary N) is 1. The summed E-state index contributed by atoms with van der Waals surface area (Å²) in [6.45, 7) is 1.72. The molecule has 1 heterocycles. The van der Waals surface area contributed by atoms with Gasteiger partial charge in [-0.1, -0.05) is 16.8 Å². The molecule has 1 aromatic carbocycles. The summed E-state index contributed by atoms with van der Waals surface area (Å²) in [5, 5.41) is 19.4. The molecule has 0 aliphatic heterocycles. The molecule has 0 radical (unpaired) electrons. The van der Waals surface area contributed by atoms with E-state index in [9.17, 15) is 9.59 Å². The summed E-state index contributed by atoms with van der Waals surface area (Å²) in [4.78, 5) is 22.7. The molecule has 0 saturated heterocycles. The Morgan fingerprint density at radius 3 is 2.86 bits per heavy atom. The molecular formula is C13H13ClN4O3. The van der Waals surface area contributed by atoms with Gasteiger partial charge in [0, 0.05) is 10.7 Å². The minimum absolute atomic E-state index is 0.106. The molecule has 0 saturated carbocycles. The van der Waals surface area contributed by atoms with Crippen LogP contribution < -0.4 is 5.32 Å². The van der Waals surface area contributed by atoms with E-state index in [1.165, 1.54) is 10.9 Å². The zero-order valence-corrected chi connectivity index (χ0v) is 12.0. The first-order chi connectivity index (χ1) is 9.95. The molecule has 1 aromatic heterocycles. The smallest absolute Gasteiger partial charge is 0.309 e. The second-order valence-corrected chi connectivity index (χ2v) is 4.90. The van der Waals surface area contributed by atoms with E-state index in [1.54, 1.807) is 18.2 Å². The van der Waals surface area contributed by atoms with Gasteiger partial charge in [0.25, 0.3) is 0 Å². The van der Waals surface area contributed by atoms with Crippen molar-refractivity contribution in [3.8, 4) is 0 Å². The summed E-state index contributed by atoms with van der Waals surface area (Å²) in [6.07, 6.45) is 1.09. The maximum absolute atomic E-state index is 12.0. The van der Waals surface area contributed by atoms with Crippen LogP contribution in [0.25, 0.3) is 0 Å². The third-order valence-electron chi connectivity index (χ3n) is 2.79. The van der Waals surface area contributed by atoms with Crippen molar-refractivity contribution in [1.82, 2.24) is 15.0 Å². The largest absolute Gasteiger partial charge is 0.481 e. The molecule has 110 valence electrons. The fraction of sp³-hybridized carbons (Fsp3) is 0.231. The van der Waals surface area contributed by atoms with Crippen molar-refractivity contribution >= 4 is 29.2 Å². The topological polar surface area (TPSA) is 97.1 Å². The molecule has 2 N–H and O–H groups in total. The summed E-state index contributed by atoms with van der Waals surface area (Å²) in [5.74, 6) is -1.33. The number of halogens is 1. The Hall–Kier alpha value is -2.41. The van der Waals surface area contributed by atoms with E-state index in [-0.39, 0.29) is 18.9 Å². The number of anilines is 1. The van der Waals surface area contributed by atoms with E-state index < -0.39 is 5.97 Å². The Kier molecular flexibility index (Phi) is 4.54. The fourth-order valence-corrected chi connectivity index (χ4v) is 2.02. The number of hydrogen-bond acceptors (Lipinski definition) is 4. The molecule has 0 atom stereocenters. The van der Waals surface area contributed by atoms with Gasteiger partial charge in [-0.15, -0.1) is 5.10 Å². The van der Waals surface area contributed by atoms with Crippen LogP contribution >= 0.6 is 11.6 Å². The monoisotopic (exact) mass is 308 g/mol. The number of carboxylic acids is 1. The first-order valence-corrected chi connectivity index (χ1v) is 6.48. The highest BCUT2D eigenvalue weighted by atomic mass is 35.5. The molecular weight excluding hydrogens is 296 g/mol. The maximum Gasteiger partial charge on any atom is 0.309 e. The lowest BCUT2D eigenvalue weighted by Gasteiger charge is -2.09. The van der Waals surface area contributed by atoms with Crippen LogP contribution in [0.15, 0.2) is 24.4 Å². The molecule has 1 amide bonds. The molecule has 0 fully saturated rings. The summed E-state index contributed by atoms with van der Waals surface area (Å²) in [5.41, 5.74) is 1.84. The lowest BCUT2D eigenvalue weighted by Crippen LogP contribution is -2.22. The van der Waals surface area contributed by atoms with Crippen molar-refractivity contribution in [3.63, 3.8) is 0 Å². The summed E-state index contributed by atoms with van der Waals surface area (Å²) < 4.78 is 1.26. The van der Waals surface area contributed by atoms with Crippen LogP contribution in [-0.4, -0.2) is 32.0 Å². The number of carbonyl (C=O) groups is 2. The number of hydrogen-bond donors (Lipinski definition) is 2. The van der Waals surface area contributed by atoms with Crippen molar-refractivity contribution in [1.29, 1.82) is 0 Å². The van der Waals surface area contributed by atoms with Gasteiger partial charge in [0.1, 0.15) is 6.54 Å². The first kappa shape index (κ1) is 15.0. The highest BCUT2D eigenvalue weighted by Gasteiger charge is 2.12.